The van der Waals surface area contributed by atoms with E-state index in [1.54, 1.807) is 0 Å². The molecule has 0 radical (unpaired) electrons. The van der Waals surface area contributed by atoms with Gasteiger partial charge in [0.15, 0.2) is 0 Å². The summed E-state index contributed by atoms with van der Waals surface area (Å²) >= 11 is 0. The van der Waals surface area contributed by atoms with Gasteiger partial charge >= 0.3 is 0 Å². The molecule has 0 saturated carbocycles. The van der Waals surface area contributed by atoms with Crippen molar-refractivity contribution in [2.45, 2.75) is 19.8 Å². The number of nitrogens with zero attached hydrogens (tertiary/aromatic N) is 2. The van der Waals surface area contributed by atoms with Crippen molar-refractivity contribution < 1.29 is 9.06 Å². The molecule has 0 N–H and O–H groups in total. The number of hydrogen-bond acceptors (Lipinski definition) is 0. The van der Waals surface area contributed by atoms with E-state index in [1.165, 1.54) is 19.5 Å². The smallest absolute Gasteiger partial charge is 0.147 e. The molecule has 0 aliphatic heterocycles. The summed E-state index contributed by atoms with van der Waals surface area (Å²) in [5.74, 6) is 0. The second-order valence-corrected chi connectivity index (χ2v) is 4.44. The largest absolute Gasteiger partial charge is 0.331 e. The Bertz CT molecular complexity index is 142. The molecule has 0 amide bonds. The van der Waals surface area contributed by atoms with Crippen molar-refractivity contribution in [2.24, 2.45) is 0 Å². The van der Waals surface area contributed by atoms with E-state index in [0.717, 1.165) is 10.9 Å². The normalized spacial score (nSPS) is 13.6. The summed E-state index contributed by atoms with van der Waals surface area (Å²) < 4.78 is 3.36. The van der Waals surface area contributed by atoms with Crippen LogP contribution in [-0.2, 0) is 0 Å². The van der Waals surface area contributed by atoms with Gasteiger partial charge in [-0.25, -0.2) is 4.58 Å². The Labute approximate surface area is 77.1 Å². The molecule has 0 aliphatic carbocycles. The molecular formula is C10H24N2+2. The highest BCUT2D eigenvalue weighted by Gasteiger charge is 2.07. The van der Waals surface area contributed by atoms with Crippen LogP contribution in [0.15, 0.2) is 0 Å². The molecule has 0 atom stereocenters. The molecule has 0 unspecified atom stereocenters. The van der Waals surface area contributed by atoms with Crippen LogP contribution in [0.25, 0.3) is 0 Å². The third-order valence-corrected chi connectivity index (χ3v) is 1.83. The lowest BCUT2D eigenvalue weighted by atomic mass is 10.3. The Morgan fingerprint density at radius 2 is 1.83 bits per heavy atom. The van der Waals surface area contributed by atoms with Crippen molar-refractivity contribution >= 4 is 6.21 Å². The molecule has 2 heteroatoms. The zero-order valence-electron chi connectivity index (χ0n) is 9.30. The SMILES string of the molecule is CCC=[N+](C)CCC[N+](C)(C)C. The van der Waals surface area contributed by atoms with E-state index >= 15 is 0 Å². The molecule has 0 aromatic carbocycles. The fourth-order valence-electron chi connectivity index (χ4n) is 1.20. The summed E-state index contributed by atoms with van der Waals surface area (Å²) in [6.07, 6.45) is 4.66. The van der Waals surface area contributed by atoms with Gasteiger partial charge in [0.1, 0.15) is 19.8 Å². The highest BCUT2D eigenvalue weighted by Crippen LogP contribution is 1.92. The number of rotatable bonds is 5. The van der Waals surface area contributed by atoms with Gasteiger partial charge in [-0.3, -0.25) is 0 Å². The van der Waals surface area contributed by atoms with Gasteiger partial charge in [-0.05, 0) is 0 Å². The summed E-state index contributed by atoms with van der Waals surface area (Å²) in [6, 6.07) is 0. The minimum absolute atomic E-state index is 1.07. The summed E-state index contributed by atoms with van der Waals surface area (Å²) in [7, 11) is 8.87. The molecule has 0 aromatic rings. The van der Waals surface area contributed by atoms with Crippen molar-refractivity contribution in [3.63, 3.8) is 0 Å². The van der Waals surface area contributed by atoms with Crippen LogP contribution >= 0.6 is 0 Å². The molecule has 0 rings (SSSR count). The van der Waals surface area contributed by atoms with Gasteiger partial charge in [0.25, 0.3) is 0 Å². The molecule has 0 heterocycles. The Balaban J connectivity index is 3.50. The summed E-state index contributed by atoms with van der Waals surface area (Å²) in [6.45, 7) is 4.61. The first-order chi connectivity index (χ1) is 5.45. The van der Waals surface area contributed by atoms with E-state index in [2.05, 4.69) is 45.9 Å². The zero-order chi connectivity index (χ0) is 9.61. The van der Waals surface area contributed by atoms with Crippen LogP contribution in [0, 0.1) is 0 Å². The topological polar surface area (TPSA) is 3.01 Å². The van der Waals surface area contributed by atoms with Crippen LogP contribution in [0.1, 0.15) is 19.8 Å². The second-order valence-electron chi connectivity index (χ2n) is 4.44. The number of quaternary nitrogens is 1. The number of hydrogen-bond donors (Lipinski definition) is 0. The minimum atomic E-state index is 1.07. The lowest BCUT2D eigenvalue weighted by Crippen LogP contribution is -2.36. The average Bonchev–Trinajstić information content (AvgIpc) is 1.84. The first-order valence-electron chi connectivity index (χ1n) is 4.79. The maximum atomic E-state index is 2.29. The van der Waals surface area contributed by atoms with Gasteiger partial charge in [-0.2, -0.15) is 0 Å². The van der Waals surface area contributed by atoms with E-state index in [4.69, 9.17) is 0 Å². The van der Waals surface area contributed by atoms with Crippen LogP contribution in [0.5, 0.6) is 0 Å². The molecule has 0 aliphatic rings. The van der Waals surface area contributed by atoms with Gasteiger partial charge in [-0.15, -0.1) is 0 Å². The fourth-order valence-corrected chi connectivity index (χ4v) is 1.20. The molecule has 0 bridgehead atoms. The third kappa shape index (κ3) is 7.73. The average molecular weight is 172 g/mol. The zero-order valence-corrected chi connectivity index (χ0v) is 9.30. The first-order valence-corrected chi connectivity index (χ1v) is 4.79. The van der Waals surface area contributed by atoms with Crippen LogP contribution in [0.4, 0.5) is 0 Å². The lowest BCUT2D eigenvalue weighted by molar-refractivity contribution is -0.871. The van der Waals surface area contributed by atoms with Crippen molar-refractivity contribution in [2.75, 3.05) is 41.3 Å². The van der Waals surface area contributed by atoms with Gasteiger partial charge < -0.3 is 4.48 Å². The maximum absolute atomic E-state index is 2.29. The minimum Gasteiger partial charge on any atom is -0.331 e. The Morgan fingerprint density at radius 1 is 1.25 bits per heavy atom. The molecule has 0 saturated heterocycles. The van der Waals surface area contributed by atoms with Gasteiger partial charge in [0, 0.05) is 6.42 Å². The molecule has 72 valence electrons. The first kappa shape index (κ1) is 11.6. The van der Waals surface area contributed by atoms with Gasteiger partial charge in [0.2, 0.25) is 0 Å². The van der Waals surface area contributed by atoms with E-state index in [-0.39, 0.29) is 0 Å². The highest BCUT2D eigenvalue weighted by atomic mass is 15.3. The molecule has 0 spiro atoms. The Kier molecular flexibility index (Phi) is 5.14. The van der Waals surface area contributed by atoms with E-state index in [1.807, 2.05) is 0 Å². The lowest BCUT2D eigenvalue weighted by Gasteiger charge is -2.22. The fraction of sp³-hybridized carbons (Fsp3) is 0.900. The summed E-state index contributed by atoms with van der Waals surface area (Å²) in [4.78, 5) is 0. The third-order valence-electron chi connectivity index (χ3n) is 1.83. The molecule has 0 aromatic heterocycles. The van der Waals surface area contributed by atoms with Crippen LogP contribution in [0.3, 0.4) is 0 Å². The second kappa shape index (κ2) is 5.31. The van der Waals surface area contributed by atoms with E-state index in [9.17, 15) is 0 Å². The van der Waals surface area contributed by atoms with Gasteiger partial charge in [0.05, 0.1) is 34.1 Å². The van der Waals surface area contributed by atoms with Crippen molar-refractivity contribution in [3.05, 3.63) is 0 Å². The van der Waals surface area contributed by atoms with E-state index in [0.29, 0.717) is 0 Å². The standard InChI is InChI=1S/C10H24N2/c1-6-8-11(2)9-7-10-12(3,4)5/h8H,6-7,9-10H2,1-5H3/q+2. The molecule has 12 heavy (non-hydrogen) atoms. The van der Waals surface area contributed by atoms with Crippen molar-refractivity contribution in [1.82, 2.24) is 0 Å². The van der Waals surface area contributed by atoms with Crippen LogP contribution < -0.4 is 0 Å². The van der Waals surface area contributed by atoms with Gasteiger partial charge in [-0.1, -0.05) is 6.92 Å². The molecule has 0 fully saturated rings. The maximum Gasteiger partial charge on any atom is 0.147 e. The predicted molar refractivity (Wildman–Crippen MR) is 54.9 cm³/mol. The van der Waals surface area contributed by atoms with E-state index < -0.39 is 0 Å². The summed E-state index contributed by atoms with van der Waals surface area (Å²) in [5.41, 5.74) is 0. The van der Waals surface area contributed by atoms with Crippen molar-refractivity contribution in [3.8, 4) is 0 Å². The predicted octanol–water partition coefficient (Wildman–Crippen LogP) is 1.21. The van der Waals surface area contributed by atoms with Crippen LogP contribution in [0.2, 0.25) is 0 Å². The Hall–Kier alpha value is -0.370. The quantitative estimate of drug-likeness (QED) is 0.333. The molecule has 2 nitrogen and oxygen atoms in total. The molecular weight excluding hydrogens is 148 g/mol. The monoisotopic (exact) mass is 172 g/mol. The van der Waals surface area contributed by atoms with Crippen molar-refractivity contribution in [1.29, 1.82) is 0 Å². The summed E-state index contributed by atoms with van der Waals surface area (Å²) in [5, 5.41) is 0. The van der Waals surface area contributed by atoms with Crippen LogP contribution in [-0.4, -0.2) is 56.6 Å². The highest BCUT2D eigenvalue weighted by molar-refractivity contribution is 5.50. The Morgan fingerprint density at radius 3 is 2.25 bits per heavy atom.